The molecule has 0 aliphatic heterocycles. The van der Waals surface area contributed by atoms with Gasteiger partial charge < -0.3 is 10.1 Å². The highest BCUT2D eigenvalue weighted by molar-refractivity contribution is 5.95. The van der Waals surface area contributed by atoms with Gasteiger partial charge in [0.05, 0.1) is 18.8 Å². The topological polar surface area (TPSA) is 56.1 Å². The van der Waals surface area contributed by atoms with Gasteiger partial charge in [-0.1, -0.05) is 37.3 Å². The molecule has 0 saturated carbocycles. The molecule has 1 amide bonds. The Hall–Kier alpha value is -3.08. The first-order valence-corrected chi connectivity index (χ1v) is 8.66. The highest BCUT2D eigenvalue weighted by Gasteiger charge is 2.17. The summed E-state index contributed by atoms with van der Waals surface area (Å²) in [5, 5.41) is 7.26. The Morgan fingerprint density at radius 2 is 1.88 bits per heavy atom. The molecule has 0 aliphatic carbocycles. The number of nitrogens with one attached hydrogen (secondary N) is 1. The molecule has 0 aliphatic rings. The lowest BCUT2D eigenvalue weighted by Gasteiger charge is -2.17. The van der Waals surface area contributed by atoms with Gasteiger partial charge in [-0.2, -0.15) is 5.10 Å². The Labute approximate surface area is 153 Å². The van der Waals surface area contributed by atoms with Gasteiger partial charge in [-0.15, -0.1) is 0 Å². The second kappa shape index (κ2) is 7.87. The summed E-state index contributed by atoms with van der Waals surface area (Å²) in [4.78, 5) is 12.6. The van der Waals surface area contributed by atoms with Crippen molar-refractivity contribution >= 4 is 5.91 Å². The standard InChI is InChI=1S/C21H23N3O2/c1-4-18(19-13-14-22-24(19)2)23-21(25)16-11-9-15(10-12-16)17-7-5-6-8-20(17)26-3/h5-14,18H,4H2,1-3H3,(H,23,25)/t18-/m1/s1. The van der Waals surface area contributed by atoms with Crippen molar-refractivity contribution in [2.24, 2.45) is 7.05 Å². The first-order valence-electron chi connectivity index (χ1n) is 8.66. The molecule has 1 N–H and O–H groups in total. The van der Waals surface area contributed by atoms with Crippen LogP contribution in [0.1, 0.15) is 35.4 Å². The van der Waals surface area contributed by atoms with Crippen LogP contribution in [-0.4, -0.2) is 22.8 Å². The monoisotopic (exact) mass is 349 g/mol. The average Bonchev–Trinajstić information content (AvgIpc) is 3.11. The van der Waals surface area contributed by atoms with Gasteiger partial charge >= 0.3 is 0 Å². The summed E-state index contributed by atoms with van der Waals surface area (Å²) in [5.41, 5.74) is 3.64. The van der Waals surface area contributed by atoms with E-state index in [0.717, 1.165) is 29.0 Å². The van der Waals surface area contributed by atoms with E-state index in [1.807, 2.05) is 68.6 Å². The number of hydrogen-bond donors (Lipinski definition) is 1. The van der Waals surface area contributed by atoms with Crippen LogP contribution in [0.4, 0.5) is 0 Å². The molecule has 0 bridgehead atoms. The maximum atomic E-state index is 12.6. The summed E-state index contributed by atoms with van der Waals surface area (Å²) in [6.45, 7) is 2.04. The van der Waals surface area contributed by atoms with Crippen molar-refractivity contribution in [3.63, 3.8) is 0 Å². The Morgan fingerprint density at radius 3 is 2.50 bits per heavy atom. The van der Waals surface area contributed by atoms with E-state index in [0.29, 0.717) is 5.56 Å². The second-order valence-corrected chi connectivity index (χ2v) is 6.09. The van der Waals surface area contributed by atoms with E-state index in [-0.39, 0.29) is 11.9 Å². The van der Waals surface area contributed by atoms with Crippen LogP contribution in [-0.2, 0) is 7.05 Å². The highest BCUT2D eigenvalue weighted by Crippen LogP contribution is 2.29. The number of hydrogen-bond acceptors (Lipinski definition) is 3. The van der Waals surface area contributed by atoms with Crippen LogP contribution in [0.3, 0.4) is 0 Å². The molecule has 0 saturated heterocycles. The lowest BCUT2D eigenvalue weighted by molar-refractivity contribution is 0.0934. The molecule has 3 rings (SSSR count). The lowest BCUT2D eigenvalue weighted by atomic mass is 10.0. The fourth-order valence-electron chi connectivity index (χ4n) is 3.04. The molecule has 26 heavy (non-hydrogen) atoms. The number of rotatable bonds is 6. The third kappa shape index (κ3) is 3.61. The number of aryl methyl sites for hydroxylation is 1. The molecule has 134 valence electrons. The number of carbonyl (C=O) groups excluding carboxylic acids is 1. The van der Waals surface area contributed by atoms with Crippen molar-refractivity contribution in [2.75, 3.05) is 7.11 Å². The predicted molar refractivity (Wildman–Crippen MR) is 102 cm³/mol. The largest absolute Gasteiger partial charge is 0.496 e. The van der Waals surface area contributed by atoms with E-state index in [2.05, 4.69) is 10.4 Å². The fraction of sp³-hybridized carbons (Fsp3) is 0.238. The Morgan fingerprint density at radius 1 is 1.15 bits per heavy atom. The zero-order valence-corrected chi connectivity index (χ0v) is 15.3. The Balaban J connectivity index is 1.78. The number of ether oxygens (including phenoxy) is 1. The van der Waals surface area contributed by atoms with Crippen LogP contribution in [0.2, 0.25) is 0 Å². The predicted octanol–water partition coefficient (Wildman–Crippen LogP) is 3.98. The minimum absolute atomic E-state index is 0.0658. The molecule has 1 atom stereocenters. The summed E-state index contributed by atoms with van der Waals surface area (Å²) in [5.74, 6) is 0.719. The third-order valence-electron chi connectivity index (χ3n) is 4.49. The first kappa shape index (κ1) is 17.7. The molecular weight excluding hydrogens is 326 g/mol. The van der Waals surface area contributed by atoms with E-state index in [4.69, 9.17) is 4.74 Å². The highest BCUT2D eigenvalue weighted by atomic mass is 16.5. The Kier molecular flexibility index (Phi) is 5.37. The van der Waals surface area contributed by atoms with Gasteiger partial charge in [-0.3, -0.25) is 9.48 Å². The Bertz CT molecular complexity index is 884. The quantitative estimate of drug-likeness (QED) is 0.732. The smallest absolute Gasteiger partial charge is 0.251 e. The SMILES string of the molecule is CC[C@@H](NC(=O)c1ccc(-c2ccccc2OC)cc1)c1ccnn1C. The molecule has 0 fully saturated rings. The van der Waals surface area contributed by atoms with Crippen LogP contribution < -0.4 is 10.1 Å². The summed E-state index contributed by atoms with van der Waals surface area (Å²) in [6, 6.07) is 17.3. The summed E-state index contributed by atoms with van der Waals surface area (Å²) in [6.07, 6.45) is 2.54. The minimum atomic E-state index is -0.0929. The van der Waals surface area contributed by atoms with Gasteiger partial charge in [0.25, 0.3) is 5.91 Å². The number of methoxy groups -OCH3 is 1. The van der Waals surface area contributed by atoms with Gasteiger partial charge in [0.15, 0.2) is 0 Å². The number of benzene rings is 2. The van der Waals surface area contributed by atoms with E-state index in [9.17, 15) is 4.79 Å². The molecule has 0 unspecified atom stereocenters. The maximum absolute atomic E-state index is 12.6. The van der Waals surface area contributed by atoms with Crippen LogP contribution in [0.15, 0.2) is 60.8 Å². The lowest BCUT2D eigenvalue weighted by Crippen LogP contribution is -2.29. The molecule has 5 nitrogen and oxygen atoms in total. The second-order valence-electron chi connectivity index (χ2n) is 6.09. The molecule has 2 aromatic carbocycles. The van der Waals surface area contributed by atoms with E-state index < -0.39 is 0 Å². The molecule has 0 spiro atoms. The molecule has 1 heterocycles. The van der Waals surface area contributed by atoms with E-state index in [1.54, 1.807) is 18.0 Å². The fourth-order valence-corrected chi connectivity index (χ4v) is 3.04. The molecule has 3 aromatic rings. The van der Waals surface area contributed by atoms with Crippen LogP contribution >= 0.6 is 0 Å². The van der Waals surface area contributed by atoms with Gasteiger partial charge in [0.1, 0.15) is 5.75 Å². The summed E-state index contributed by atoms with van der Waals surface area (Å²) < 4.78 is 7.20. The zero-order valence-electron chi connectivity index (χ0n) is 15.3. The summed E-state index contributed by atoms with van der Waals surface area (Å²) in [7, 11) is 3.54. The van der Waals surface area contributed by atoms with E-state index in [1.165, 1.54) is 0 Å². The van der Waals surface area contributed by atoms with Gasteiger partial charge in [-0.05, 0) is 36.2 Å². The zero-order chi connectivity index (χ0) is 18.5. The first-order chi connectivity index (χ1) is 12.6. The number of amides is 1. The average molecular weight is 349 g/mol. The van der Waals surface area contributed by atoms with Crippen molar-refractivity contribution in [1.29, 1.82) is 0 Å². The van der Waals surface area contributed by atoms with Crippen molar-refractivity contribution in [3.05, 3.63) is 72.1 Å². The molecular formula is C21H23N3O2. The molecule has 5 heteroatoms. The number of aromatic nitrogens is 2. The normalized spacial score (nSPS) is 11.8. The minimum Gasteiger partial charge on any atom is -0.496 e. The van der Waals surface area contributed by atoms with Crippen LogP contribution in [0, 0.1) is 0 Å². The van der Waals surface area contributed by atoms with Gasteiger partial charge in [-0.25, -0.2) is 0 Å². The third-order valence-corrected chi connectivity index (χ3v) is 4.49. The molecule has 1 aromatic heterocycles. The van der Waals surface area contributed by atoms with E-state index >= 15 is 0 Å². The van der Waals surface area contributed by atoms with Crippen molar-refractivity contribution < 1.29 is 9.53 Å². The van der Waals surface area contributed by atoms with Crippen LogP contribution in [0.5, 0.6) is 5.75 Å². The number of nitrogens with zero attached hydrogens (tertiary/aromatic N) is 2. The number of carbonyl (C=O) groups is 1. The number of para-hydroxylation sites is 1. The maximum Gasteiger partial charge on any atom is 0.251 e. The van der Waals surface area contributed by atoms with Gasteiger partial charge in [0.2, 0.25) is 0 Å². The van der Waals surface area contributed by atoms with Crippen molar-refractivity contribution in [3.8, 4) is 16.9 Å². The van der Waals surface area contributed by atoms with Crippen molar-refractivity contribution in [1.82, 2.24) is 15.1 Å². The van der Waals surface area contributed by atoms with Crippen LogP contribution in [0.25, 0.3) is 11.1 Å². The summed E-state index contributed by atoms with van der Waals surface area (Å²) >= 11 is 0. The van der Waals surface area contributed by atoms with Gasteiger partial charge in [0, 0.05) is 24.4 Å². The van der Waals surface area contributed by atoms with Crippen molar-refractivity contribution in [2.45, 2.75) is 19.4 Å². The molecule has 0 radical (unpaired) electrons.